The first kappa shape index (κ1) is 17.5. The van der Waals surface area contributed by atoms with Crippen LogP contribution in [-0.2, 0) is 11.8 Å². The Kier molecular flexibility index (Phi) is 4.11. The maximum absolute atomic E-state index is 11.8. The monoisotopic (exact) mass is 356 g/mol. The summed E-state index contributed by atoms with van der Waals surface area (Å²) < 4.78 is 0. The number of aromatic nitrogens is 1. The second-order valence-electron chi connectivity index (χ2n) is 8.16. The summed E-state index contributed by atoms with van der Waals surface area (Å²) in [4.78, 5) is 16.6. The summed E-state index contributed by atoms with van der Waals surface area (Å²) >= 11 is 0. The van der Waals surface area contributed by atoms with Crippen molar-refractivity contribution in [2.24, 2.45) is 0 Å². The van der Waals surface area contributed by atoms with Crippen molar-refractivity contribution in [2.75, 3.05) is 0 Å². The number of carbonyl (C=O) groups is 1. The molecule has 1 aliphatic carbocycles. The van der Waals surface area contributed by atoms with Gasteiger partial charge in [-0.15, -0.1) is 0 Å². The molecule has 0 amide bonds. The Balaban J connectivity index is 1.82. The minimum Gasteiger partial charge on any atom is -0.545 e. The van der Waals surface area contributed by atoms with Crippen LogP contribution in [0, 0.1) is 0 Å². The quantitative estimate of drug-likeness (QED) is 0.684. The van der Waals surface area contributed by atoms with E-state index in [0.29, 0.717) is 22.9 Å². The summed E-state index contributed by atoms with van der Waals surface area (Å²) in [6.45, 7) is 6.60. The largest absolute Gasteiger partial charge is 0.545 e. The molecule has 27 heavy (non-hydrogen) atoms. The van der Waals surface area contributed by atoms with Gasteiger partial charge in [0.25, 0.3) is 0 Å². The second-order valence-corrected chi connectivity index (χ2v) is 8.16. The van der Waals surface area contributed by atoms with Gasteiger partial charge in [-0.1, -0.05) is 63.2 Å². The van der Waals surface area contributed by atoms with Gasteiger partial charge in [-0.2, -0.15) is 0 Å². The zero-order chi connectivity index (χ0) is 19.2. The highest BCUT2D eigenvalue weighted by Gasteiger charge is 2.24. The number of para-hydroxylation sites is 1. The highest BCUT2D eigenvalue weighted by Crippen LogP contribution is 2.37. The third-order valence-electron chi connectivity index (χ3n) is 5.26. The molecule has 0 N–H and O–H groups in total. The van der Waals surface area contributed by atoms with Crippen molar-refractivity contribution in [1.29, 1.82) is 0 Å². The number of aromatic carboxylic acids is 1. The smallest absolute Gasteiger partial charge is 0.0725 e. The molecule has 0 bridgehead atoms. The van der Waals surface area contributed by atoms with Crippen LogP contribution >= 0.6 is 0 Å². The van der Waals surface area contributed by atoms with E-state index in [0.717, 1.165) is 28.8 Å². The molecule has 136 valence electrons. The maximum atomic E-state index is 11.8. The van der Waals surface area contributed by atoms with Gasteiger partial charge in [-0.05, 0) is 52.7 Å². The molecule has 3 nitrogen and oxygen atoms in total. The van der Waals surface area contributed by atoms with E-state index < -0.39 is 5.97 Å². The molecule has 4 rings (SSSR count). The fourth-order valence-corrected chi connectivity index (χ4v) is 3.79. The number of pyridine rings is 1. The Labute approximate surface area is 159 Å². The topological polar surface area (TPSA) is 53.0 Å². The molecule has 0 atom stereocenters. The van der Waals surface area contributed by atoms with Gasteiger partial charge in [-0.25, -0.2) is 4.98 Å². The van der Waals surface area contributed by atoms with Gasteiger partial charge in [0.2, 0.25) is 0 Å². The average Bonchev–Trinajstić information content (AvgIpc) is 3.01. The summed E-state index contributed by atoms with van der Waals surface area (Å²) in [5.74, 6) is -1.12. The number of hydrogen-bond donors (Lipinski definition) is 0. The van der Waals surface area contributed by atoms with Crippen LogP contribution in [0.25, 0.3) is 22.6 Å². The van der Waals surface area contributed by atoms with Crippen molar-refractivity contribution >= 4 is 28.5 Å². The molecule has 0 saturated heterocycles. The third-order valence-corrected chi connectivity index (χ3v) is 5.26. The normalized spacial score (nSPS) is 15.3. The number of hydrogen-bond acceptors (Lipinski definition) is 3. The van der Waals surface area contributed by atoms with Crippen LogP contribution in [0.4, 0.5) is 0 Å². The molecule has 0 unspecified atom stereocenters. The number of rotatable bonds is 2. The van der Waals surface area contributed by atoms with Crippen molar-refractivity contribution in [3.8, 4) is 0 Å². The number of carboxylic acids is 1. The first-order chi connectivity index (χ1) is 12.8. The summed E-state index contributed by atoms with van der Waals surface area (Å²) in [7, 11) is 0. The Hall–Kier alpha value is -2.94. The van der Waals surface area contributed by atoms with Gasteiger partial charge < -0.3 is 9.90 Å². The number of carboxylic acid groups (broad SMARTS) is 1. The van der Waals surface area contributed by atoms with E-state index >= 15 is 0 Å². The van der Waals surface area contributed by atoms with Crippen LogP contribution in [0.5, 0.6) is 0 Å². The zero-order valence-electron chi connectivity index (χ0n) is 15.9. The summed E-state index contributed by atoms with van der Waals surface area (Å²) in [6.07, 6.45) is 3.60. The minimum atomic E-state index is -1.12. The minimum absolute atomic E-state index is 0.121. The lowest BCUT2D eigenvalue weighted by atomic mass is 9.86. The molecule has 0 saturated carbocycles. The third kappa shape index (κ3) is 3.14. The van der Waals surface area contributed by atoms with Crippen molar-refractivity contribution in [3.63, 3.8) is 0 Å². The molecule has 1 aromatic heterocycles. The second kappa shape index (κ2) is 6.34. The van der Waals surface area contributed by atoms with Crippen LogP contribution in [0.2, 0.25) is 0 Å². The lowest BCUT2D eigenvalue weighted by molar-refractivity contribution is -0.254. The van der Waals surface area contributed by atoms with Crippen molar-refractivity contribution < 1.29 is 9.90 Å². The van der Waals surface area contributed by atoms with Gasteiger partial charge >= 0.3 is 0 Å². The molecule has 1 heterocycles. The molecule has 0 radical (unpaired) electrons. The van der Waals surface area contributed by atoms with Crippen LogP contribution in [0.15, 0.2) is 48.5 Å². The molecule has 0 fully saturated rings. The molecule has 3 aromatic rings. The van der Waals surface area contributed by atoms with E-state index in [9.17, 15) is 9.90 Å². The van der Waals surface area contributed by atoms with Crippen LogP contribution in [-0.4, -0.2) is 11.0 Å². The highest BCUT2D eigenvalue weighted by molar-refractivity contribution is 6.05. The zero-order valence-corrected chi connectivity index (χ0v) is 15.9. The van der Waals surface area contributed by atoms with Crippen molar-refractivity contribution in [1.82, 2.24) is 4.98 Å². The van der Waals surface area contributed by atoms with Gasteiger partial charge in [-0.3, -0.25) is 0 Å². The predicted molar refractivity (Wildman–Crippen MR) is 107 cm³/mol. The molecule has 0 spiro atoms. The average molecular weight is 356 g/mol. The standard InChI is InChI=1S/C24H23NO2/c1-24(2,3)17-11-8-15(9-12-17)14-16-10-13-19-21(23(26)27)18-6-4-5-7-20(18)25-22(16)19/h4-9,11-12,14H,10,13H2,1-3H3,(H,26,27)/p-1/b16-14+. The Morgan fingerprint density at radius 3 is 2.41 bits per heavy atom. The number of fused-ring (bicyclic) bond motifs is 2. The van der Waals surface area contributed by atoms with Crippen molar-refractivity contribution in [3.05, 3.63) is 76.5 Å². The summed E-state index contributed by atoms with van der Waals surface area (Å²) in [6, 6.07) is 15.9. The first-order valence-corrected chi connectivity index (χ1v) is 9.29. The van der Waals surface area contributed by atoms with Gasteiger partial charge in [0.05, 0.1) is 17.2 Å². The van der Waals surface area contributed by atoms with E-state index in [1.165, 1.54) is 5.56 Å². The Morgan fingerprint density at radius 2 is 1.74 bits per heavy atom. The number of allylic oxidation sites excluding steroid dienone is 1. The first-order valence-electron chi connectivity index (χ1n) is 9.29. The van der Waals surface area contributed by atoms with E-state index in [1.54, 1.807) is 6.07 Å². The summed E-state index contributed by atoms with van der Waals surface area (Å²) in [5.41, 5.74) is 6.19. The number of nitrogens with zero attached hydrogens (tertiary/aromatic N) is 1. The Bertz CT molecular complexity index is 1070. The van der Waals surface area contributed by atoms with Gasteiger partial charge in [0, 0.05) is 10.9 Å². The lowest BCUT2D eigenvalue weighted by Gasteiger charge is -2.18. The lowest BCUT2D eigenvalue weighted by Crippen LogP contribution is -2.24. The molecule has 3 heteroatoms. The maximum Gasteiger partial charge on any atom is 0.0725 e. The summed E-state index contributed by atoms with van der Waals surface area (Å²) in [5, 5.41) is 12.5. The fourth-order valence-electron chi connectivity index (χ4n) is 3.79. The van der Waals surface area contributed by atoms with Gasteiger partial charge in [0.1, 0.15) is 0 Å². The predicted octanol–water partition coefficient (Wildman–Crippen LogP) is 4.38. The number of benzene rings is 2. The molecular formula is C24H22NO2-. The molecular weight excluding hydrogens is 334 g/mol. The molecule has 2 aromatic carbocycles. The SMILES string of the molecule is CC(C)(C)c1ccc(/C=C2\CCc3c2nc2ccccc2c3C(=O)[O-])cc1. The van der Waals surface area contributed by atoms with E-state index in [1.807, 2.05) is 18.2 Å². The van der Waals surface area contributed by atoms with E-state index in [2.05, 4.69) is 51.1 Å². The van der Waals surface area contributed by atoms with Crippen LogP contribution in [0.1, 0.15) is 59.9 Å². The van der Waals surface area contributed by atoms with Crippen molar-refractivity contribution in [2.45, 2.75) is 39.0 Å². The molecule has 0 aliphatic heterocycles. The molecule has 1 aliphatic rings. The van der Waals surface area contributed by atoms with E-state index in [4.69, 9.17) is 4.98 Å². The Morgan fingerprint density at radius 1 is 1.04 bits per heavy atom. The fraction of sp³-hybridized carbons (Fsp3) is 0.250. The van der Waals surface area contributed by atoms with Crippen LogP contribution in [0.3, 0.4) is 0 Å². The highest BCUT2D eigenvalue weighted by atomic mass is 16.4. The van der Waals surface area contributed by atoms with Gasteiger partial charge in [0.15, 0.2) is 0 Å². The van der Waals surface area contributed by atoms with Crippen LogP contribution < -0.4 is 5.11 Å². The number of carbonyl (C=O) groups excluding carboxylic acids is 1. The van der Waals surface area contributed by atoms with E-state index in [-0.39, 0.29) is 5.41 Å².